The molecule has 0 aliphatic heterocycles. The second-order valence-corrected chi connectivity index (χ2v) is 6.42. The van der Waals surface area contributed by atoms with Crippen LogP contribution in [0.25, 0.3) is 12.2 Å². The maximum atomic E-state index is 13.4. The first kappa shape index (κ1) is 17.0. The number of halogens is 2. The number of nitrogens with one attached hydrogen (secondary N) is 1. The van der Waals surface area contributed by atoms with E-state index in [1.807, 2.05) is 0 Å². The molecule has 0 aliphatic carbocycles. The molecule has 2 heterocycles. The molecule has 0 aliphatic rings. The maximum absolute atomic E-state index is 13.4. The molecule has 23 heavy (non-hydrogen) atoms. The first-order valence-corrected chi connectivity index (χ1v) is 7.55. The highest BCUT2D eigenvalue weighted by Gasteiger charge is 2.17. The van der Waals surface area contributed by atoms with E-state index in [0.29, 0.717) is 10.8 Å². The van der Waals surface area contributed by atoms with E-state index in [2.05, 4.69) is 15.3 Å². The topological polar surface area (TPSA) is 64.1 Å². The van der Waals surface area contributed by atoms with Crippen LogP contribution in [0, 0.1) is 11.6 Å². The van der Waals surface area contributed by atoms with Crippen LogP contribution in [-0.4, -0.2) is 21.7 Å². The Morgan fingerprint density at radius 2 is 2.09 bits per heavy atom. The van der Waals surface area contributed by atoms with Gasteiger partial charge in [0, 0.05) is 11.4 Å². The van der Waals surface area contributed by atoms with Crippen LogP contribution in [0.4, 0.5) is 18.7 Å². The molecule has 0 spiro atoms. The Kier molecular flexibility index (Phi) is 5.05. The van der Waals surface area contributed by atoms with Gasteiger partial charge in [-0.3, -0.25) is 10.3 Å². The predicted octanol–water partition coefficient (Wildman–Crippen LogP) is 4.33. The summed E-state index contributed by atoms with van der Waals surface area (Å²) in [5, 5.41) is 4.53. The molecule has 0 aromatic carbocycles. The minimum Gasteiger partial charge on any atom is -0.444 e. The first-order valence-electron chi connectivity index (χ1n) is 6.67. The van der Waals surface area contributed by atoms with Crippen molar-refractivity contribution < 1.29 is 18.3 Å². The molecule has 1 N–H and O–H groups in total. The minimum atomic E-state index is -0.761. The van der Waals surface area contributed by atoms with Crippen molar-refractivity contribution in [3.05, 3.63) is 40.7 Å². The van der Waals surface area contributed by atoms with Crippen molar-refractivity contribution in [3.63, 3.8) is 0 Å². The summed E-state index contributed by atoms with van der Waals surface area (Å²) in [5.74, 6) is -1.50. The lowest BCUT2D eigenvalue weighted by Crippen LogP contribution is -2.27. The van der Waals surface area contributed by atoms with Crippen molar-refractivity contribution in [1.29, 1.82) is 0 Å². The Hall–Kier alpha value is -2.35. The predicted molar refractivity (Wildman–Crippen MR) is 85.1 cm³/mol. The van der Waals surface area contributed by atoms with Crippen LogP contribution in [0.5, 0.6) is 0 Å². The lowest BCUT2D eigenvalue weighted by Gasteiger charge is -2.18. The van der Waals surface area contributed by atoms with E-state index < -0.39 is 23.3 Å². The second kappa shape index (κ2) is 6.82. The zero-order valence-corrected chi connectivity index (χ0v) is 13.6. The van der Waals surface area contributed by atoms with E-state index in [9.17, 15) is 13.6 Å². The number of nitrogens with zero attached hydrogens (tertiary/aromatic N) is 2. The quantitative estimate of drug-likeness (QED) is 0.904. The monoisotopic (exact) mass is 339 g/mol. The van der Waals surface area contributed by atoms with Crippen molar-refractivity contribution in [1.82, 2.24) is 9.97 Å². The van der Waals surface area contributed by atoms with Crippen molar-refractivity contribution >= 4 is 34.7 Å². The van der Waals surface area contributed by atoms with Crippen LogP contribution in [0.1, 0.15) is 32.2 Å². The number of carbonyl (C=O) groups excluding carboxylic acids is 1. The molecule has 0 saturated heterocycles. The number of ether oxygens (including phenoxy) is 1. The van der Waals surface area contributed by atoms with Gasteiger partial charge in [-0.05, 0) is 32.9 Å². The van der Waals surface area contributed by atoms with Crippen LogP contribution in [0.2, 0.25) is 0 Å². The summed E-state index contributed by atoms with van der Waals surface area (Å²) in [6.45, 7) is 5.27. The largest absolute Gasteiger partial charge is 0.444 e. The fourth-order valence-electron chi connectivity index (χ4n) is 1.52. The molecule has 2 rings (SSSR count). The summed E-state index contributed by atoms with van der Waals surface area (Å²) in [5.41, 5.74) is -0.0943. The normalized spacial score (nSPS) is 11.7. The molecule has 0 radical (unpaired) electrons. The number of amides is 1. The third-order valence-electron chi connectivity index (χ3n) is 2.38. The van der Waals surface area contributed by atoms with Crippen molar-refractivity contribution in [2.75, 3.05) is 5.32 Å². The Balaban J connectivity index is 2.02. The van der Waals surface area contributed by atoms with Crippen molar-refractivity contribution in [2.24, 2.45) is 0 Å². The van der Waals surface area contributed by atoms with Gasteiger partial charge in [0.25, 0.3) is 0 Å². The van der Waals surface area contributed by atoms with Gasteiger partial charge in [0.1, 0.15) is 11.4 Å². The summed E-state index contributed by atoms with van der Waals surface area (Å²) in [6, 6.07) is 0.753. The van der Waals surface area contributed by atoms with E-state index in [4.69, 9.17) is 4.74 Å². The number of aromatic nitrogens is 2. The van der Waals surface area contributed by atoms with Crippen LogP contribution in [0.15, 0.2) is 17.6 Å². The SMILES string of the molecule is CC(C)(C)OC(=O)Nc1nc(C=Cc2ncc(F)cc2F)cs1. The molecule has 0 unspecified atom stereocenters. The second-order valence-electron chi connectivity index (χ2n) is 5.56. The van der Waals surface area contributed by atoms with Crippen molar-refractivity contribution in [2.45, 2.75) is 26.4 Å². The van der Waals surface area contributed by atoms with E-state index in [-0.39, 0.29) is 5.69 Å². The number of carbonyl (C=O) groups is 1. The van der Waals surface area contributed by atoms with Crippen LogP contribution in [-0.2, 0) is 4.74 Å². The number of rotatable bonds is 3. The standard InChI is InChI=1S/C15H15F2N3O2S/c1-15(2,3)22-14(21)20-13-19-10(8-23-13)4-5-12-11(17)6-9(16)7-18-12/h4-8H,1-3H3,(H,19,20,21). The summed E-state index contributed by atoms with van der Waals surface area (Å²) in [4.78, 5) is 19.4. The van der Waals surface area contributed by atoms with Crippen LogP contribution < -0.4 is 5.32 Å². The summed E-state index contributed by atoms with van der Waals surface area (Å²) >= 11 is 1.20. The van der Waals surface area contributed by atoms with E-state index in [1.54, 1.807) is 26.2 Å². The van der Waals surface area contributed by atoms with Crippen molar-refractivity contribution in [3.8, 4) is 0 Å². The van der Waals surface area contributed by atoms with Gasteiger partial charge in [-0.1, -0.05) is 0 Å². The Labute approximate surface area is 136 Å². The number of pyridine rings is 1. The molecule has 2 aromatic heterocycles. The molecular weight excluding hydrogens is 324 g/mol. The van der Waals surface area contributed by atoms with Gasteiger partial charge >= 0.3 is 6.09 Å². The average molecular weight is 339 g/mol. The average Bonchev–Trinajstić information content (AvgIpc) is 2.83. The van der Waals surface area contributed by atoms with Gasteiger partial charge in [-0.2, -0.15) is 0 Å². The highest BCUT2D eigenvalue weighted by atomic mass is 32.1. The third kappa shape index (κ3) is 5.41. The molecule has 0 saturated carbocycles. The molecule has 122 valence electrons. The van der Waals surface area contributed by atoms with Gasteiger partial charge in [0.2, 0.25) is 0 Å². The van der Waals surface area contributed by atoms with E-state index >= 15 is 0 Å². The highest BCUT2D eigenvalue weighted by molar-refractivity contribution is 7.14. The Morgan fingerprint density at radius 1 is 1.35 bits per heavy atom. The Bertz CT molecular complexity index is 739. The minimum absolute atomic E-state index is 0.000974. The molecular formula is C15H15F2N3O2S. The molecule has 2 aromatic rings. The van der Waals surface area contributed by atoms with E-state index in [0.717, 1.165) is 12.3 Å². The fourth-order valence-corrected chi connectivity index (χ4v) is 2.19. The number of hydrogen-bond donors (Lipinski definition) is 1. The molecule has 1 amide bonds. The zero-order valence-electron chi connectivity index (χ0n) is 12.8. The molecule has 0 atom stereocenters. The Morgan fingerprint density at radius 3 is 2.74 bits per heavy atom. The van der Waals surface area contributed by atoms with Crippen LogP contribution in [0.3, 0.4) is 0 Å². The zero-order chi connectivity index (χ0) is 17.0. The first-order chi connectivity index (χ1) is 10.7. The summed E-state index contributed by atoms with van der Waals surface area (Å²) < 4.78 is 31.3. The van der Waals surface area contributed by atoms with E-state index in [1.165, 1.54) is 23.5 Å². The van der Waals surface area contributed by atoms with Gasteiger partial charge in [0.15, 0.2) is 10.9 Å². The summed E-state index contributed by atoms with van der Waals surface area (Å²) in [6.07, 6.45) is 3.22. The number of thiazole rings is 1. The highest BCUT2D eigenvalue weighted by Crippen LogP contribution is 2.19. The number of hydrogen-bond acceptors (Lipinski definition) is 5. The lowest BCUT2D eigenvalue weighted by molar-refractivity contribution is 0.0636. The smallest absolute Gasteiger partial charge is 0.413 e. The summed E-state index contributed by atoms with van der Waals surface area (Å²) in [7, 11) is 0. The maximum Gasteiger partial charge on any atom is 0.413 e. The van der Waals surface area contributed by atoms with Gasteiger partial charge in [-0.15, -0.1) is 11.3 Å². The van der Waals surface area contributed by atoms with Gasteiger partial charge in [0.05, 0.1) is 17.6 Å². The molecule has 0 fully saturated rings. The lowest BCUT2D eigenvalue weighted by atomic mass is 10.2. The molecule has 5 nitrogen and oxygen atoms in total. The molecule has 0 bridgehead atoms. The van der Waals surface area contributed by atoms with Crippen LogP contribution >= 0.6 is 11.3 Å². The fraction of sp³-hybridized carbons (Fsp3) is 0.267. The van der Waals surface area contributed by atoms with Gasteiger partial charge in [-0.25, -0.2) is 18.6 Å². The third-order valence-corrected chi connectivity index (χ3v) is 3.15. The van der Waals surface area contributed by atoms with Gasteiger partial charge < -0.3 is 4.74 Å². The number of anilines is 1. The molecule has 8 heteroatoms.